The molecule has 0 aliphatic carbocycles. The minimum atomic E-state index is -0.529. The Labute approximate surface area is 86.8 Å². The van der Waals surface area contributed by atoms with E-state index in [4.69, 9.17) is 10.2 Å². The first-order chi connectivity index (χ1) is 7.15. The summed E-state index contributed by atoms with van der Waals surface area (Å²) in [6, 6.07) is 3.24. The number of hydrogen-bond donors (Lipinski definition) is 1. The highest BCUT2D eigenvalue weighted by Gasteiger charge is 2.21. The van der Waals surface area contributed by atoms with Gasteiger partial charge in [0, 0.05) is 19.1 Å². The van der Waals surface area contributed by atoms with Gasteiger partial charge in [0.15, 0.2) is 0 Å². The Balaban J connectivity index is 1.96. The van der Waals surface area contributed by atoms with Crippen LogP contribution in [0.3, 0.4) is 0 Å². The second-order valence-electron chi connectivity index (χ2n) is 3.78. The van der Waals surface area contributed by atoms with E-state index in [9.17, 15) is 10.1 Å². The van der Waals surface area contributed by atoms with E-state index in [1.54, 1.807) is 6.07 Å². The van der Waals surface area contributed by atoms with Gasteiger partial charge in [0.25, 0.3) is 0 Å². The largest absolute Gasteiger partial charge is 0.433 e. The molecular formula is C9H13N3O3. The van der Waals surface area contributed by atoms with Gasteiger partial charge in [-0.3, -0.25) is 15.0 Å². The molecule has 0 unspecified atom stereocenters. The van der Waals surface area contributed by atoms with Crippen molar-refractivity contribution in [1.29, 1.82) is 0 Å². The topological polar surface area (TPSA) is 85.5 Å². The molecule has 82 valence electrons. The molecule has 1 saturated heterocycles. The first-order valence-corrected chi connectivity index (χ1v) is 4.86. The van der Waals surface area contributed by atoms with Crippen LogP contribution in [0, 0.1) is 10.1 Å². The monoisotopic (exact) mass is 211 g/mol. The maximum Gasteiger partial charge on any atom is 0.433 e. The van der Waals surface area contributed by atoms with Crippen molar-refractivity contribution >= 4 is 5.88 Å². The van der Waals surface area contributed by atoms with Crippen LogP contribution < -0.4 is 5.73 Å². The van der Waals surface area contributed by atoms with Gasteiger partial charge in [-0.2, -0.15) is 0 Å². The fourth-order valence-corrected chi connectivity index (χ4v) is 1.78. The molecule has 1 atom stereocenters. The van der Waals surface area contributed by atoms with E-state index >= 15 is 0 Å². The molecule has 0 amide bonds. The first kappa shape index (κ1) is 10.1. The summed E-state index contributed by atoms with van der Waals surface area (Å²) >= 11 is 0. The summed E-state index contributed by atoms with van der Waals surface area (Å²) in [6.45, 7) is 2.35. The molecule has 2 rings (SSSR count). The normalized spacial score (nSPS) is 22.1. The molecule has 1 fully saturated rings. The Morgan fingerprint density at radius 1 is 1.67 bits per heavy atom. The van der Waals surface area contributed by atoms with Crippen LogP contribution in [0.1, 0.15) is 12.2 Å². The van der Waals surface area contributed by atoms with E-state index in [-0.39, 0.29) is 11.9 Å². The third-order valence-electron chi connectivity index (χ3n) is 2.52. The van der Waals surface area contributed by atoms with Gasteiger partial charge in [-0.05, 0) is 12.5 Å². The van der Waals surface area contributed by atoms with Crippen LogP contribution in [-0.2, 0) is 6.54 Å². The molecule has 6 nitrogen and oxygen atoms in total. The van der Waals surface area contributed by atoms with Gasteiger partial charge < -0.3 is 10.2 Å². The molecule has 0 radical (unpaired) electrons. The standard InChI is InChI=1S/C9H13N3O3/c10-7-3-4-11(5-7)6-8-1-2-9(15-8)12(13)14/h1-2,7H,3-6,10H2/t7-/m0/s1. The van der Waals surface area contributed by atoms with Gasteiger partial charge in [-0.25, -0.2) is 0 Å². The lowest BCUT2D eigenvalue weighted by Gasteiger charge is -2.12. The van der Waals surface area contributed by atoms with E-state index in [1.807, 2.05) is 0 Å². The van der Waals surface area contributed by atoms with Gasteiger partial charge >= 0.3 is 5.88 Å². The highest BCUT2D eigenvalue weighted by atomic mass is 16.6. The minimum Gasteiger partial charge on any atom is -0.404 e. The molecule has 15 heavy (non-hydrogen) atoms. The lowest BCUT2D eigenvalue weighted by Crippen LogP contribution is -2.26. The zero-order valence-corrected chi connectivity index (χ0v) is 8.26. The molecule has 1 aromatic rings. The maximum atomic E-state index is 10.4. The summed E-state index contributed by atoms with van der Waals surface area (Å²) in [5, 5.41) is 10.4. The van der Waals surface area contributed by atoms with Crippen molar-refractivity contribution in [3.63, 3.8) is 0 Å². The van der Waals surface area contributed by atoms with Crippen molar-refractivity contribution < 1.29 is 9.34 Å². The van der Waals surface area contributed by atoms with Crippen LogP contribution in [0.25, 0.3) is 0 Å². The molecule has 2 N–H and O–H groups in total. The van der Waals surface area contributed by atoms with Gasteiger partial charge in [-0.15, -0.1) is 0 Å². The second kappa shape index (κ2) is 4.00. The Hall–Kier alpha value is -1.40. The lowest BCUT2D eigenvalue weighted by molar-refractivity contribution is -0.402. The first-order valence-electron chi connectivity index (χ1n) is 4.86. The Bertz CT molecular complexity index is 363. The molecule has 1 aromatic heterocycles. The summed E-state index contributed by atoms with van der Waals surface area (Å²) < 4.78 is 5.06. The van der Waals surface area contributed by atoms with Gasteiger partial charge in [0.2, 0.25) is 0 Å². The highest BCUT2D eigenvalue weighted by molar-refractivity contribution is 5.17. The van der Waals surface area contributed by atoms with Crippen LogP contribution >= 0.6 is 0 Å². The molecule has 6 heteroatoms. The number of nitrogens with zero attached hydrogens (tertiary/aromatic N) is 2. The molecular weight excluding hydrogens is 198 g/mol. The van der Waals surface area contributed by atoms with Crippen LogP contribution in [0.4, 0.5) is 5.88 Å². The van der Waals surface area contributed by atoms with Crippen LogP contribution in [0.5, 0.6) is 0 Å². The molecule has 1 aliphatic heterocycles. The minimum absolute atomic E-state index is 0.200. The molecule has 0 bridgehead atoms. The average molecular weight is 211 g/mol. The Kier molecular flexibility index (Phi) is 2.70. The SMILES string of the molecule is N[C@H]1CCN(Cc2ccc([N+](=O)[O-])o2)C1. The number of nitro groups is 1. The van der Waals surface area contributed by atoms with Crippen molar-refractivity contribution in [3.05, 3.63) is 28.0 Å². The summed E-state index contributed by atoms with van der Waals surface area (Å²) in [6.07, 6.45) is 0.975. The van der Waals surface area contributed by atoms with E-state index < -0.39 is 4.92 Å². The van der Waals surface area contributed by atoms with Crippen molar-refractivity contribution in [2.24, 2.45) is 5.73 Å². The second-order valence-corrected chi connectivity index (χ2v) is 3.78. The van der Waals surface area contributed by atoms with E-state index in [0.29, 0.717) is 12.3 Å². The van der Waals surface area contributed by atoms with Crippen LogP contribution in [0.15, 0.2) is 16.5 Å². The van der Waals surface area contributed by atoms with Crippen molar-refractivity contribution in [2.45, 2.75) is 19.0 Å². The lowest BCUT2D eigenvalue weighted by atomic mass is 10.3. The zero-order chi connectivity index (χ0) is 10.8. The van der Waals surface area contributed by atoms with Crippen LogP contribution in [-0.4, -0.2) is 29.0 Å². The van der Waals surface area contributed by atoms with E-state index in [0.717, 1.165) is 19.5 Å². The third-order valence-corrected chi connectivity index (χ3v) is 2.52. The van der Waals surface area contributed by atoms with Crippen LogP contribution in [0.2, 0.25) is 0 Å². The predicted octanol–water partition coefficient (Wildman–Crippen LogP) is 0.721. The highest BCUT2D eigenvalue weighted by Crippen LogP contribution is 2.18. The summed E-state index contributed by atoms with van der Waals surface area (Å²) in [5.41, 5.74) is 5.75. The number of furan rings is 1. The molecule has 0 spiro atoms. The maximum absolute atomic E-state index is 10.4. The predicted molar refractivity (Wildman–Crippen MR) is 53.2 cm³/mol. The van der Waals surface area contributed by atoms with Crippen molar-refractivity contribution in [1.82, 2.24) is 4.90 Å². The summed E-state index contributed by atoms with van der Waals surface area (Å²) in [5.74, 6) is 0.421. The average Bonchev–Trinajstić information content (AvgIpc) is 2.76. The Morgan fingerprint density at radius 2 is 2.47 bits per heavy atom. The summed E-state index contributed by atoms with van der Waals surface area (Å²) in [7, 11) is 0. The number of rotatable bonds is 3. The van der Waals surface area contributed by atoms with E-state index in [1.165, 1.54) is 6.07 Å². The molecule has 1 aliphatic rings. The number of hydrogen-bond acceptors (Lipinski definition) is 5. The summed E-state index contributed by atoms with van der Waals surface area (Å²) in [4.78, 5) is 12.0. The third kappa shape index (κ3) is 2.34. The van der Waals surface area contributed by atoms with Gasteiger partial charge in [0.1, 0.15) is 10.7 Å². The molecule has 0 aromatic carbocycles. The number of likely N-dealkylation sites (tertiary alicyclic amines) is 1. The fraction of sp³-hybridized carbons (Fsp3) is 0.556. The number of nitrogens with two attached hydrogens (primary N) is 1. The molecule has 0 saturated carbocycles. The van der Waals surface area contributed by atoms with E-state index in [2.05, 4.69) is 4.90 Å². The van der Waals surface area contributed by atoms with Gasteiger partial charge in [-0.1, -0.05) is 0 Å². The quantitative estimate of drug-likeness (QED) is 0.588. The zero-order valence-electron chi connectivity index (χ0n) is 8.26. The Morgan fingerprint density at radius 3 is 3.00 bits per heavy atom. The molecule has 2 heterocycles. The smallest absolute Gasteiger partial charge is 0.404 e. The van der Waals surface area contributed by atoms with Crippen molar-refractivity contribution in [3.8, 4) is 0 Å². The van der Waals surface area contributed by atoms with Gasteiger partial charge in [0.05, 0.1) is 12.6 Å². The van der Waals surface area contributed by atoms with Crippen molar-refractivity contribution in [2.75, 3.05) is 13.1 Å². The fourth-order valence-electron chi connectivity index (χ4n) is 1.78.